The summed E-state index contributed by atoms with van der Waals surface area (Å²) in [7, 11) is 0. The Morgan fingerprint density at radius 1 is 0.462 bits per heavy atom. The number of thioether (sulfide) groups is 8. The number of rotatable bonds is 9. The fourth-order valence-electron chi connectivity index (χ4n) is 3.93. The van der Waals surface area contributed by atoms with Crippen molar-refractivity contribution in [3.63, 3.8) is 0 Å². The second-order valence-corrected chi connectivity index (χ2v) is 17.2. The Morgan fingerprint density at radius 2 is 0.795 bits per heavy atom. The molecule has 0 N–H and O–H groups in total. The Kier molecular flexibility index (Phi) is 11.0. The quantitative estimate of drug-likeness (QED) is 0.219. The van der Waals surface area contributed by atoms with Gasteiger partial charge in [-0.05, 0) is 84.7 Å². The van der Waals surface area contributed by atoms with Crippen molar-refractivity contribution in [3.05, 3.63) is 115 Å². The highest BCUT2D eigenvalue weighted by molar-refractivity contribution is 8.41. The van der Waals surface area contributed by atoms with Crippen LogP contribution in [0.1, 0.15) is 11.1 Å². The van der Waals surface area contributed by atoms with E-state index < -0.39 is 0 Å². The zero-order chi connectivity index (χ0) is 27.2. The van der Waals surface area contributed by atoms with E-state index in [2.05, 4.69) is 121 Å². The molecule has 0 radical (unpaired) electrons. The maximum atomic E-state index is 2.32. The van der Waals surface area contributed by atoms with E-state index in [1.54, 1.807) is 0 Å². The molecule has 0 saturated heterocycles. The van der Waals surface area contributed by atoms with E-state index in [1.165, 1.54) is 36.5 Å². The largest absolute Gasteiger partial charge is 0.311 e. The van der Waals surface area contributed by atoms with Crippen LogP contribution >= 0.6 is 94.1 Å². The van der Waals surface area contributed by atoms with Crippen molar-refractivity contribution >= 4 is 123 Å². The molecule has 0 saturated carbocycles. The first-order valence-corrected chi connectivity index (χ1v) is 20.1. The summed E-state index contributed by atoms with van der Waals surface area (Å²) in [5.41, 5.74) is 5.89. The van der Waals surface area contributed by atoms with Gasteiger partial charge < -0.3 is 4.90 Å². The maximum Gasteiger partial charge on any atom is 0.0657 e. The molecule has 0 aromatic heterocycles. The molecule has 200 valence electrons. The van der Waals surface area contributed by atoms with Crippen LogP contribution in [-0.2, 0) is 0 Å². The summed E-state index contributed by atoms with van der Waals surface area (Å²) in [4.78, 5) is 2.32. The van der Waals surface area contributed by atoms with Crippen molar-refractivity contribution in [2.24, 2.45) is 0 Å². The van der Waals surface area contributed by atoms with Crippen molar-refractivity contribution in [1.82, 2.24) is 0 Å². The van der Waals surface area contributed by atoms with E-state index in [4.69, 9.17) is 0 Å². The molecule has 0 fully saturated rings. The molecule has 0 atom stereocenters. The smallest absolute Gasteiger partial charge is 0.0657 e. The van der Waals surface area contributed by atoms with Gasteiger partial charge >= 0.3 is 0 Å². The Labute approximate surface area is 266 Å². The molecule has 0 spiro atoms. The molecule has 39 heavy (non-hydrogen) atoms. The lowest BCUT2D eigenvalue weighted by atomic mass is 10.1. The number of hydrogen-bond donors (Lipinski definition) is 0. The van der Waals surface area contributed by atoms with Gasteiger partial charge in [0.1, 0.15) is 0 Å². The van der Waals surface area contributed by atoms with Crippen molar-refractivity contribution in [2.75, 3.05) is 29.9 Å². The number of para-hydroxylation sites is 1. The molecule has 2 aliphatic heterocycles. The molecule has 5 rings (SSSR count). The molecule has 3 aromatic carbocycles. The first kappa shape index (κ1) is 29.7. The van der Waals surface area contributed by atoms with Crippen LogP contribution in [-0.4, -0.2) is 25.0 Å². The minimum Gasteiger partial charge on any atom is -0.311 e. The van der Waals surface area contributed by atoms with Crippen LogP contribution in [0.25, 0.3) is 12.2 Å². The summed E-state index contributed by atoms with van der Waals surface area (Å²) in [5, 5.41) is 0. The normalized spacial score (nSPS) is 15.4. The average Bonchev–Trinajstić information content (AvgIpc) is 3.58. The summed E-state index contributed by atoms with van der Waals surface area (Å²) >= 11 is 14.9. The van der Waals surface area contributed by atoms with Gasteiger partial charge in [0.25, 0.3) is 0 Å². The van der Waals surface area contributed by atoms with Crippen LogP contribution < -0.4 is 4.90 Å². The van der Waals surface area contributed by atoms with Crippen LogP contribution in [0.2, 0.25) is 0 Å². The Bertz CT molecular complexity index is 1300. The van der Waals surface area contributed by atoms with Crippen molar-refractivity contribution in [2.45, 2.75) is 0 Å². The summed E-state index contributed by atoms with van der Waals surface area (Å²) < 4.78 is 8.29. The maximum absolute atomic E-state index is 2.32. The highest BCUT2D eigenvalue weighted by Gasteiger charge is 2.21. The van der Waals surface area contributed by atoms with Crippen LogP contribution in [0.3, 0.4) is 0 Å². The molecule has 9 heteroatoms. The summed E-state index contributed by atoms with van der Waals surface area (Å²) in [6.45, 7) is 0. The fourth-order valence-corrected chi connectivity index (χ4v) is 13.8. The summed E-state index contributed by atoms with van der Waals surface area (Å²) in [6.07, 6.45) is 13.2. The molecule has 0 bridgehead atoms. The fraction of sp³-hybridized carbons (Fsp3) is 0.133. The topological polar surface area (TPSA) is 3.24 Å². The Balaban J connectivity index is 1.38. The Morgan fingerprint density at radius 3 is 1.13 bits per heavy atom. The van der Waals surface area contributed by atoms with Crippen LogP contribution in [0.4, 0.5) is 17.1 Å². The van der Waals surface area contributed by atoms with Crippen molar-refractivity contribution < 1.29 is 0 Å². The zero-order valence-corrected chi connectivity index (χ0v) is 28.4. The molecular weight excluding hydrogens is 631 g/mol. The SMILES string of the molecule is CSC1=C(SC)SC(=Cc2ccc(N(c3ccccc3)c3ccc(C=C4SC(SC)=C(SC)S4)cc3)cc2)S1. The second kappa shape index (κ2) is 14.4. The predicted octanol–water partition coefficient (Wildman–Crippen LogP) is 12.4. The molecule has 0 amide bonds. The van der Waals surface area contributed by atoms with Gasteiger partial charge in [-0.2, -0.15) is 0 Å². The average molecular weight is 658 g/mol. The zero-order valence-electron chi connectivity index (χ0n) is 21.9. The molecule has 0 unspecified atom stereocenters. The third kappa shape index (κ3) is 7.36. The minimum absolute atomic E-state index is 1.15. The van der Waals surface area contributed by atoms with E-state index in [1.807, 2.05) is 94.1 Å². The number of hydrogen-bond acceptors (Lipinski definition) is 9. The number of nitrogens with zero attached hydrogens (tertiary/aromatic N) is 1. The lowest BCUT2D eigenvalue weighted by Crippen LogP contribution is -2.09. The standard InChI is InChI=1S/C30H27NS8/c1-32-27-28(33-2)37-25(36-27)18-20-10-14-23(15-11-20)31(22-8-6-5-7-9-22)24-16-12-21(13-17-24)19-26-38-29(34-3)30(35-4)39-26/h5-19H,1-4H3. The lowest BCUT2D eigenvalue weighted by Gasteiger charge is -2.25. The highest BCUT2D eigenvalue weighted by atomic mass is 32.3. The van der Waals surface area contributed by atoms with Gasteiger partial charge in [-0.3, -0.25) is 0 Å². The molecule has 1 nitrogen and oxygen atoms in total. The van der Waals surface area contributed by atoms with Crippen LogP contribution in [0.15, 0.2) is 104 Å². The van der Waals surface area contributed by atoms with Crippen molar-refractivity contribution in [3.8, 4) is 0 Å². The third-order valence-electron chi connectivity index (χ3n) is 5.73. The van der Waals surface area contributed by atoms with Gasteiger partial charge in [0.2, 0.25) is 0 Å². The predicted molar refractivity (Wildman–Crippen MR) is 196 cm³/mol. The first-order chi connectivity index (χ1) is 19.1. The van der Waals surface area contributed by atoms with Gasteiger partial charge in [-0.15, -0.1) is 47.0 Å². The number of benzene rings is 3. The molecular formula is C30H27NS8. The van der Waals surface area contributed by atoms with E-state index >= 15 is 0 Å². The Hall–Kier alpha value is -0.780. The minimum atomic E-state index is 1.15. The highest BCUT2D eigenvalue weighted by Crippen LogP contribution is 2.57. The van der Waals surface area contributed by atoms with Gasteiger partial charge in [0.05, 0.1) is 25.4 Å². The summed E-state index contributed by atoms with van der Waals surface area (Å²) in [5.74, 6) is 0. The van der Waals surface area contributed by atoms with Gasteiger partial charge in [-0.1, -0.05) is 89.5 Å². The van der Waals surface area contributed by atoms with Crippen LogP contribution in [0.5, 0.6) is 0 Å². The van der Waals surface area contributed by atoms with E-state index in [-0.39, 0.29) is 0 Å². The van der Waals surface area contributed by atoms with Gasteiger partial charge in [-0.25, -0.2) is 0 Å². The van der Waals surface area contributed by atoms with Gasteiger partial charge in [0.15, 0.2) is 0 Å². The van der Waals surface area contributed by atoms with Gasteiger partial charge in [0, 0.05) is 17.1 Å². The third-order valence-corrected chi connectivity index (χ3v) is 15.9. The van der Waals surface area contributed by atoms with Crippen LogP contribution in [0, 0.1) is 0 Å². The summed E-state index contributed by atoms with van der Waals surface area (Å²) in [6, 6.07) is 28.4. The number of anilines is 3. The molecule has 3 aromatic rings. The first-order valence-electron chi connectivity index (χ1n) is 12.0. The lowest BCUT2D eigenvalue weighted by molar-refractivity contribution is 1.28. The molecule has 2 heterocycles. The molecule has 0 aliphatic carbocycles. The van der Waals surface area contributed by atoms with Crippen molar-refractivity contribution in [1.29, 1.82) is 0 Å². The van der Waals surface area contributed by atoms with E-state index in [0.717, 1.165) is 17.1 Å². The molecule has 2 aliphatic rings. The second-order valence-electron chi connectivity index (χ2n) is 8.16. The monoisotopic (exact) mass is 657 g/mol. The van der Waals surface area contributed by atoms with E-state index in [9.17, 15) is 0 Å². The van der Waals surface area contributed by atoms with E-state index in [0.29, 0.717) is 0 Å².